The Morgan fingerprint density at radius 1 is 1.47 bits per heavy atom. The number of hydrogen-bond acceptors (Lipinski definition) is 2. The van der Waals surface area contributed by atoms with Crippen molar-refractivity contribution in [2.24, 2.45) is 5.92 Å². The predicted molar refractivity (Wildman–Crippen MR) is 65.1 cm³/mol. The zero-order valence-corrected chi connectivity index (χ0v) is 10.3. The van der Waals surface area contributed by atoms with Crippen LogP contribution in [0.25, 0.3) is 0 Å². The molecular formula is C12H16BrNO. The van der Waals surface area contributed by atoms with E-state index in [1.807, 2.05) is 12.1 Å². The number of nitrogens with one attached hydrogen (secondary N) is 1. The van der Waals surface area contributed by atoms with Gasteiger partial charge in [0.25, 0.3) is 0 Å². The minimum atomic E-state index is 0.412. The second-order valence-corrected chi connectivity index (χ2v) is 5.01. The summed E-state index contributed by atoms with van der Waals surface area (Å²) in [7, 11) is 0. The molecule has 1 aliphatic heterocycles. The van der Waals surface area contributed by atoms with Gasteiger partial charge in [-0.25, -0.2) is 0 Å². The highest BCUT2D eigenvalue weighted by atomic mass is 79.9. The van der Waals surface area contributed by atoms with Crippen molar-refractivity contribution in [1.29, 1.82) is 0 Å². The van der Waals surface area contributed by atoms with Crippen LogP contribution in [0.4, 0.5) is 0 Å². The topological polar surface area (TPSA) is 32.3 Å². The molecule has 0 aliphatic carbocycles. The van der Waals surface area contributed by atoms with E-state index >= 15 is 0 Å². The number of benzene rings is 1. The molecule has 2 rings (SSSR count). The van der Waals surface area contributed by atoms with Crippen LogP contribution in [0, 0.1) is 5.92 Å². The molecule has 0 bridgehead atoms. The van der Waals surface area contributed by atoms with Crippen LogP contribution < -0.4 is 5.32 Å². The number of hydrogen-bond donors (Lipinski definition) is 2. The Hall–Kier alpha value is -0.540. The molecule has 1 saturated heterocycles. The largest absolute Gasteiger partial charge is 0.508 e. The standard InChI is InChI=1S/C12H16BrNO/c13-11-4-1-5-12(15)10(11)7-9-3-2-6-14-8-9/h1,4-5,9,14-15H,2-3,6-8H2. The SMILES string of the molecule is Oc1cccc(Br)c1CC1CCCNC1. The fraction of sp³-hybridized carbons (Fsp3) is 0.500. The van der Waals surface area contributed by atoms with Crippen LogP contribution in [0.1, 0.15) is 18.4 Å². The molecular weight excluding hydrogens is 254 g/mol. The minimum Gasteiger partial charge on any atom is -0.508 e. The number of halogens is 1. The van der Waals surface area contributed by atoms with Gasteiger partial charge in [0.05, 0.1) is 0 Å². The maximum atomic E-state index is 9.77. The lowest BCUT2D eigenvalue weighted by atomic mass is 9.92. The van der Waals surface area contributed by atoms with Gasteiger partial charge < -0.3 is 10.4 Å². The van der Waals surface area contributed by atoms with Crippen LogP contribution in [0.15, 0.2) is 22.7 Å². The fourth-order valence-corrected chi connectivity index (χ4v) is 2.65. The second-order valence-electron chi connectivity index (χ2n) is 4.15. The van der Waals surface area contributed by atoms with E-state index in [1.54, 1.807) is 6.07 Å². The van der Waals surface area contributed by atoms with E-state index in [0.29, 0.717) is 11.7 Å². The molecule has 82 valence electrons. The van der Waals surface area contributed by atoms with Gasteiger partial charge in [0.15, 0.2) is 0 Å². The Morgan fingerprint density at radius 3 is 3.00 bits per heavy atom. The Bertz CT molecular complexity index is 314. The first-order chi connectivity index (χ1) is 7.27. The molecule has 0 saturated carbocycles. The van der Waals surface area contributed by atoms with E-state index in [4.69, 9.17) is 0 Å². The number of piperidine rings is 1. The Morgan fingerprint density at radius 2 is 2.33 bits per heavy atom. The molecule has 1 unspecified atom stereocenters. The summed E-state index contributed by atoms with van der Waals surface area (Å²) in [5.74, 6) is 1.07. The molecule has 15 heavy (non-hydrogen) atoms. The van der Waals surface area contributed by atoms with Gasteiger partial charge in [-0.05, 0) is 50.4 Å². The number of phenols is 1. The third-order valence-corrected chi connectivity index (χ3v) is 3.73. The van der Waals surface area contributed by atoms with Gasteiger partial charge in [-0.15, -0.1) is 0 Å². The van der Waals surface area contributed by atoms with Crippen molar-refractivity contribution in [3.63, 3.8) is 0 Å². The van der Waals surface area contributed by atoms with Crippen LogP contribution in [-0.4, -0.2) is 18.2 Å². The highest BCUT2D eigenvalue weighted by Crippen LogP contribution is 2.29. The zero-order chi connectivity index (χ0) is 10.7. The monoisotopic (exact) mass is 269 g/mol. The van der Waals surface area contributed by atoms with E-state index in [-0.39, 0.29) is 0 Å². The van der Waals surface area contributed by atoms with E-state index < -0.39 is 0 Å². The van der Waals surface area contributed by atoms with Crippen molar-refractivity contribution in [2.45, 2.75) is 19.3 Å². The summed E-state index contributed by atoms with van der Waals surface area (Å²) in [4.78, 5) is 0. The maximum Gasteiger partial charge on any atom is 0.119 e. The lowest BCUT2D eigenvalue weighted by Gasteiger charge is -2.23. The minimum absolute atomic E-state index is 0.412. The maximum absolute atomic E-state index is 9.77. The van der Waals surface area contributed by atoms with Crippen molar-refractivity contribution in [1.82, 2.24) is 5.32 Å². The lowest BCUT2D eigenvalue weighted by molar-refractivity contribution is 0.369. The highest BCUT2D eigenvalue weighted by Gasteiger charge is 2.16. The molecule has 0 spiro atoms. The molecule has 0 amide bonds. The summed E-state index contributed by atoms with van der Waals surface area (Å²) in [6, 6.07) is 5.61. The second kappa shape index (κ2) is 4.99. The van der Waals surface area contributed by atoms with E-state index in [2.05, 4.69) is 21.2 Å². The van der Waals surface area contributed by atoms with Crippen LogP contribution >= 0.6 is 15.9 Å². The summed E-state index contributed by atoms with van der Waals surface area (Å²) >= 11 is 3.49. The summed E-state index contributed by atoms with van der Waals surface area (Å²) in [5, 5.41) is 13.2. The predicted octanol–water partition coefficient (Wildman–Crippen LogP) is 2.70. The fourth-order valence-electron chi connectivity index (χ4n) is 2.14. The molecule has 1 atom stereocenters. The average Bonchev–Trinajstić information content (AvgIpc) is 2.25. The summed E-state index contributed by atoms with van der Waals surface area (Å²) in [5.41, 5.74) is 1.05. The Kier molecular flexibility index (Phi) is 3.65. The van der Waals surface area contributed by atoms with Gasteiger partial charge in [-0.1, -0.05) is 22.0 Å². The van der Waals surface area contributed by atoms with Crippen molar-refractivity contribution in [2.75, 3.05) is 13.1 Å². The molecule has 1 heterocycles. The molecule has 0 aromatic heterocycles. The van der Waals surface area contributed by atoms with Crippen molar-refractivity contribution >= 4 is 15.9 Å². The smallest absolute Gasteiger partial charge is 0.119 e. The first-order valence-corrected chi connectivity index (χ1v) is 6.24. The van der Waals surface area contributed by atoms with Crippen molar-refractivity contribution in [3.05, 3.63) is 28.2 Å². The Labute approximate surface area is 98.8 Å². The number of aromatic hydroxyl groups is 1. The quantitative estimate of drug-likeness (QED) is 0.866. The van der Waals surface area contributed by atoms with Gasteiger partial charge in [0, 0.05) is 10.0 Å². The number of phenolic OH excluding ortho intramolecular Hbond substituents is 1. The van der Waals surface area contributed by atoms with Crippen molar-refractivity contribution < 1.29 is 5.11 Å². The average molecular weight is 270 g/mol. The zero-order valence-electron chi connectivity index (χ0n) is 8.67. The summed E-state index contributed by atoms with van der Waals surface area (Å²) < 4.78 is 1.02. The molecule has 2 nitrogen and oxygen atoms in total. The van der Waals surface area contributed by atoms with Gasteiger partial charge in [-0.3, -0.25) is 0 Å². The molecule has 1 fully saturated rings. The van der Waals surface area contributed by atoms with Crippen LogP contribution in [-0.2, 0) is 6.42 Å². The van der Waals surface area contributed by atoms with Crippen LogP contribution in [0.3, 0.4) is 0 Å². The van der Waals surface area contributed by atoms with Gasteiger partial charge in [0.1, 0.15) is 5.75 Å². The summed E-state index contributed by atoms with van der Waals surface area (Å²) in [6.45, 7) is 2.21. The molecule has 2 N–H and O–H groups in total. The Balaban J connectivity index is 2.09. The third kappa shape index (κ3) is 2.73. The summed E-state index contributed by atoms with van der Waals surface area (Å²) in [6.07, 6.45) is 3.46. The molecule has 1 aromatic rings. The van der Waals surface area contributed by atoms with Gasteiger partial charge in [-0.2, -0.15) is 0 Å². The van der Waals surface area contributed by atoms with E-state index in [0.717, 1.165) is 29.5 Å². The lowest BCUT2D eigenvalue weighted by Crippen LogP contribution is -2.30. The third-order valence-electron chi connectivity index (χ3n) is 2.99. The van der Waals surface area contributed by atoms with E-state index in [1.165, 1.54) is 12.8 Å². The number of rotatable bonds is 2. The molecule has 1 aliphatic rings. The van der Waals surface area contributed by atoms with Gasteiger partial charge in [0.2, 0.25) is 0 Å². The first-order valence-electron chi connectivity index (χ1n) is 5.44. The molecule has 3 heteroatoms. The van der Waals surface area contributed by atoms with Crippen molar-refractivity contribution in [3.8, 4) is 5.75 Å². The molecule has 0 radical (unpaired) electrons. The van der Waals surface area contributed by atoms with E-state index in [9.17, 15) is 5.11 Å². The first kappa shape index (κ1) is 11.0. The molecule has 1 aromatic carbocycles. The van der Waals surface area contributed by atoms with Crippen LogP contribution in [0.5, 0.6) is 5.75 Å². The normalized spacial score (nSPS) is 21.5. The van der Waals surface area contributed by atoms with Gasteiger partial charge >= 0.3 is 0 Å². The van der Waals surface area contributed by atoms with Crippen LogP contribution in [0.2, 0.25) is 0 Å². The highest BCUT2D eigenvalue weighted by molar-refractivity contribution is 9.10.